The molecule has 0 saturated heterocycles. The molecule has 1 aromatic carbocycles. The average molecular weight is 271 g/mol. The van der Waals surface area contributed by atoms with Crippen LogP contribution in [-0.4, -0.2) is 33.4 Å². The standard InChI is InChI=1S/C12H21N3O2S/c1-12(2,9-13)10-5-7-11(8-6-10)14-18(16,17)15(3)4/h5-8,14H,9,13H2,1-4H3. The fourth-order valence-electron chi connectivity index (χ4n) is 1.35. The van der Waals surface area contributed by atoms with Gasteiger partial charge in [0, 0.05) is 31.7 Å². The molecular weight excluding hydrogens is 250 g/mol. The molecule has 0 unspecified atom stereocenters. The lowest BCUT2D eigenvalue weighted by molar-refractivity contribution is 0.527. The summed E-state index contributed by atoms with van der Waals surface area (Å²) in [5.74, 6) is 0. The van der Waals surface area contributed by atoms with Crippen LogP contribution < -0.4 is 10.5 Å². The molecule has 0 amide bonds. The van der Waals surface area contributed by atoms with Crippen LogP contribution in [-0.2, 0) is 15.6 Å². The summed E-state index contributed by atoms with van der Waals surface area (Å²) >= 11 is 0. The molecule has 0 fully saturated rings. The van der Waals surface area contributed by atoms with E-state index in [0.29, 0.717) is 12.2 Å². The number of anilines is 1. The fraction of sp³-hybridized carbons (Fsp3) is 0.500. The van der Waals surface area contributed by atoms with E-state index in [1.54, 1.807) is 12.1 Å². The SMILES string of the molecule is CN(C)S(=O)(=O)Nc1ccc(C(C)(C)CN)cc1. The second-order valence-corrected chi connectivity index (χ2v) is 6.94. The van der Waals surface area contributed by atoms with Gasteiger partial charge in [0.15, 0.2) is 0 Å². The number of hydrogen-bond acceptors (Lipinski definition) is 3. The van der Waals surface area contributed by atoms with Crippen LogP contribution >= 0.6 is 0 Å². The van der Waals surface area contributed by atoms with Gasteiger partial charge in [-0.3, -0.25) is 4.72 Å². The topological polar surface area (TPSA) is 75.4 Å². The monoisotopic (exact) mass is 271 g/mol. The van der Waals surface area contributed by atoms with Crippen molar-refractivity contribution in [1.82, 2.24) is 4.31 Å². The van der Waals surface area contributed by atoms with Gasteiger partial charge in [-0.05, 0) is 17.7 Å². The Balaban J connectivity index is 2.92. The van der Waals surface area contributed by atoms with Crippen molar-refractivity contribution < 1.29 is 8.42 Å². The highest BCUT2D eigenvalue weighted by Gasteiger charge is 2.18. The first-order chi connectivity index (χ1) is 8.19. The normalized spacial score (nSPS) is 12.8. The predicted octanol–water partition coefficient (Wildman–Crippen LogP) is 1.14. The number of benzene rings is 1. The Bertz CT molecular complexity index is 493. The van der Waals surface area contributed by atoms with Crippen molar-refractivity contribution >= 4 is 15.9 Å². The average Bonchev–Trinajstić information content (AvgIpc) is 2.29. The molecule has 6 heteroatoms. The predicted molar refractivity (Wildman–Crippen MR) is 74.8 cm³/mol. The first-order valence-electron chi connectivity index (χ1n) is 5.70. The van der Waals surface area contributed by atoms with Crippen LogP contribution in [0.15, 0.2) is 24.3 Å². The van der Waals surface area contributed by atoms with Crippen LogP contribution in [0.4, 0.5) is 5.69 Å². The molecule has 0 saturated carbocycles. The molecule has 3 N–H and O–H groups in total. The second kappa shape index (κ2) is 5.26. The summed E-state index contributed by atoms with van der Waals surface area (Å²) in [5.41, 5.74) is 7.21. The Morgan fingerprint density at radius 1 is 1.22 bits per heavy atom. The third kappa shape index (κ3) is 3.44. The highest BCUT2D eigenvalue weighted by atomic mass is 32.2. The molecule has 1 aromatic rings. The van der Waals surface area contributed by atoms with Crippen LogP contribution in [0.1, 0.15) is 19.4 Å². The Morgan fingerprint density at radius 2 is 1.72 bits per heavy atom. The molecule has 0 spiro atoms. The van der Waals surface area contributed by atoms with E-state index in [1.165, 1.54) is 14.1 Å². The molecule has 0 bridgehead atoms. The molecular formula is C12H21N3O2S. The lowest BCUT2D eigenvalue weighted by Gasteiger charge is -2.23. The first-order valence-corrected chi connectivity index (χ1v) is 7.14. The van der Waals surface area contributed by atoms with E-state index >= 15 is 0 Å². The van der Waals surface area contributed by atoms with Gasteiger partial charge in [-0.15, -0.1) is 0 Å². The van der Waals surface area contributed by atoms with Gasteiger partial charge >= 0.3 is 10.2 Å². The summed E-state index contributed by atoms with van der Waals surface area (Å²) in [6, 6.07) is 7.27. The molecule has 0 aliphatic heterocycles. The van der Waals surface area contributed by atoms with Gasteiger partial charge in [0.1, 0.15) is 0 Å². The molecule has 0 radical (unpaired) electrons. The smallest absolute Gasteiger partial charge is 0.301 e. The highest BCUT2D eigenvalue weighted by Crippen LogP contribution is 2.23. The maximum Gasteiger partial charge on any atom is 0.301 e. The van der Waals surface area contributed by atoms with Crippen molar-refractivity contribution in [2.24, 2.45) is 5.73 Å². The fourth-order valence-corrected chi connectivity index (χ4v) is 1.96. The first kappa shape index (κ1) is 14.9. The zero-order chi connectivity index (χ0) is 14.0. The Labute approximate surface area is 109 Å². The second-order valence-electron chi connectivity index (χ2n) is 5.05. The molecule has 0 atom stereocenters. The zero-order valence-corrected chi connectivity index (χ0v) is 12.1. The van der Waals surface area contributed by atoms with Crippen molar-refractivity contribution in [2.45, 2.75) is 19.3 Å². The highest BCUT2D eigenvalue weighted by molar-refractivity contribution is 7.90. The summed E-state index contributed by atoms with van der Waals surface area (Å²) in [7, 11) is -0.486. The maximum atomic E-state index is 11.6. The third-order valence-corrected chi connectivity index (χ3v) is 4.36. The van der Waals surface area contributed by atoms with E-state index in [2.05, 4.69) is 4.72 Å². The van der Waals surface area contributed by atoms with Crippen LogP contribution in [0.2, 0.25) is 0 Å². The van der Waals surface area contributed by atoms with Crippen molar-refractivity contribution in [3.8, 4) is 0 Å². The van der Waals surface area contributed by atoms with Gasteiger partial charge in [-0.2, -0.15) is 12.7 Å². The molecule has 102 valence electrons. The largest absolute Gasteiger partial charge is 0.330 e. The summed E-state index contributed by atoms with van der Waals surface area (Å²) in [5, 5.41) is 0. The van der Waals surface area contributed by atoms with Crippen molar-refractivity contribution in [2.75, 3.05) is 25.4 Å². The van der Waals surface area contributed by atoms with Gasteiger partial charge in [0.25, 0.3) is 0 Å². The van der Waals surface area contributed by atoms with Gasteiger partial charge in [0.05, 0.1) is 0 Å². The molecule has 1 rings (SSSR count). The van der Waals surface area contributed by atoms with E-state index < -0.39 is 10.2 Å². The Kier molecular flexibility index (Phi) is 4.37. The molecule has 18 heavy (non-hydrogen) atoms. The minimum atomic E-state index is -3.45. The van der Waals surface area contributed by atoms with E-state index in [4.69, 9.17) is 5.73 Å². The lowest BCUT2D eigenvalue weighted by atomic mass is 9.85. The van der Waals surface area contributed by atoms with E-state index in [-0.39, 0.29) is 5.41 Å². The number of rotatable bonds is 5. The summed E-state index contributed by atoms with van der Waals surface area (Å²) < 4.78 is 26.9. The summed E-state index contributed by atoms with van der Waals surface area (Å²) in [6.07, 6.45) is 0. The van der Waals surface area contributed by atoms with E-state index in [9.17, 15) is 8.42 Å². The maximum absolute atomic E-state index is 11.6. The van der Waals surface area contributed by atoms with Crippen molar-refractivity contribution in [1.29, 1.82) is 0 Å². The molecule has 0 aliphatic rings. The minimum absolute atomic E-state index is 0.112. The molecule has 0 heterocycles. The zero-order valence-electron chi connectivity index (χ0n) is 11.3. The van der Waals surface area contributed by atoms with Crippen molar-refractivity contribution in [3.63, 3.8) is 0 Å². The van der Waals surface area contributed by atoms with Gasteiger partial charge in [-0.1, -0.05) is 26.0 Å². The molecule has 0 aliphatic carbocycles. The Morgan fingerprint density at radius 3 is 2.11 bits per heavy atom. The number of nitrogens with one attached hydrogen (secondary N) is 1. The van der Waals surface area contributed by atoms with E-state index in [0.717, 1.165) is 9.87 Å². The van der Waals surface area contributed by atoms with Gasteiger partial charge < -0.3 is 5.73 Å². The van der Waals surface area contributed by atoms with Crippen LogP contribution in [0, 0.1) is 0 Å². The summed E-state index contributed by atoms with van der Waals surface area (Å²) in [4.78, 5) is 0. The quantitative estimate of drug-likeness (QED) is 0.843. The van der Waals surface area contributed by atoms with Gasteiger partial charge in [-0.25, -0.2) is 0 Å². The Hall–Kier alpha value is -1.11. The third-order valence-electron chi connectivity index (χ3n) is 2.90. The van der Waals surface area contributed by atoms with Crippen molar-refractivity contribution in [3.05, 3.63) is 29.8 Å². The molecule has 0 aromatic heterocycles. The number of nitrogens with two attached hydrogens (primary N) is 1. The summed E-state index contributed by atoms with van der Waals surface area (Å²) in [6.45, 7) is 4.63. The lowest BCUT2D eigenvalue weighted by Crippen LogP contribution is -2.29. The van der Waals surface area contributed by atoms with Crippen LogP contribution in [0.5, 0.6) is 0 Å². The molecule has 5 nitrogen and oxygen atoms in total. The number of hydrogen-bond donors (Lipinski definition) is 2. The number of nitrogens with zero attached hydrogens (tertiary/aromatic N) is 1. The minimum Gasteiger partial charge on any atom is -0.330 e. The van der Waals surface area contributed by atoms with Gasteiger partial charge in [0.2, 0.25) is 0 Å². The van der Waals surface area contributed by atoms with Crippen LogP contribution in [0.3, 0.4) is 0 Å². The van der Waals surface area contributed by atoms with E-state index in [1.807, 2.05) is 26.0 Å². The van der Waals surface area contributed by atoms with Crippen LogP contribution in [0.25, 0.3) is 0 Å².